The number of rotatable bonds is 4. The van der Waals surface area contributed by atoms with Crippen LogP contribution in [-0.4, -0.2) is 10.9 Å². The number of amides is 1. The second kappa shape index (κ2) is 5.99. The Balaban J connectivity index is 2.59. The highest BCUT2D eigenvalue weighted by atomic mass is 79.9. The van der Waals surface area contributed by atoms with Crippen molar-refractivity contribution in [2.24, 2.45) is 5.92 Å². The molecule has 0 aliphatic carbocycles. The highest BCUT2D eigenvalue weighted by molar-refractivity contribution is 9.10. The molecule has 1 heterocycles. The van der Waals surface area contributed by atoms with E-state index in [0.717, 1.165) is 22.3 Å². The zero-order valence-electron chi connectivity index (χ0n) is 9.88. The number of anilines is 1. The van der Waals surface area contributed by atoms with E-state index in [2.05, 4.69) is 40.1 Å². The molecule has 0 saturated carbocycles. The van der Waals surface area contributed by atoms with Gasteiger partial charge in [0.05, 0.1) is 11.9 Å². The lowest BCUT2D eigenvalue weighted by Crippen LogP contribution is -2.15. The second-order valence-corrected chi connectivity index (χ2v) is 4.85. The number of carbonyl (C=O) groups excluding carboxylic acids is 1. The fourth-order valence-electron chi connectivity index (χ4n) is 1.30. The molecule has 1 N–H and O–H groups in total. The Morgan fingerprint density at radius 3 is 2.88 bits per heavy atom. The van der Waals surface area contributed by atoms with Gasteiger partial charge in [-0.15, -0.1) is 0 Å². The van der Waals surface area contributed by atoms with Crippen LogP contribution in [-0.2, 0) is 4.79 Å². The van der Waals surface area contributed by atoms with Gasteiger partial charge in [0.1, 0.15) is 4.60 Å². The van der Waals surface area contributed by atoms with Crippen molar-refractivity contribution in [3.63, 3.8) is 0 Å². The molecule has 1 unspecified atom stereocenters. The summed E-state index contributed by atoms with van der Waals surface area (Å²) in [5.41, 5.74) is 1.77. The third-order valence-electron chi connectivity index (χ3n) is 2.53. The Hall–Kier alpha value is -0.900. The first-order valence-electron chi connectivity index (χ1n) is 5.45. The van der Waals surface area contributed by atoms with Crippen molar-refractivity contribution >= 4 is 27.5 Å². The molecule has 88 valence electrons. The van der Waals surface area contributed by atoms with Gasteiger partial charge in [-0.1, -0.05) is 20.3 Å². The van der Waals surface area contributed by atoms with Crippen molar-refractivity contribution in [3.05, 3.63) is 22.4 Å². The summed E-state index contributed by atoms with van der Waals surface area (Å²) in [5, 5.41) is 2.85. The lowest BCUT2D eigenvalue weighted by molar-refractivity contribution is -0.117. The van der Waals surface area contributed by atoms with Gasteiger partial charge < -0.3 is 5.32 Å². The first-order chi connectivity index (χ1) is 7.52. The van der Waals surface area contributed by atoms with Crippen molar-refractivity contribution in [2.45, 2.75) is 33.6 Å². The Labute approximate surface area is 105 Å². The van der Waals surface area contributed by atoms with E-state index in [-0.39, 0.29) is 5.91 Å². The second-order valence-electron chi connectivity index (χ2n) is 4.10. The predicted octanol–water partition coefficient (Wildman–Crippen LogP) is 3.53. The van der Waals surface area contributed by atoms with Gasteiger partial charge in [-0.25, -0.2) is 4.98 Å². The molecule has 4 heteroatoms. The lowest BCUT2D eigenvalue weighted by atomic mass is 10.1. The molecular formula is C12H17BrN2O. The number of nitrogens with one attached hydrogen (secondary N) is 1. The summed E-state index contributed by atoms with van der Waals surface area (Å²) in [6.07, 6.45) is 3.24. The van der Waals surface area contributed by atoms with Crippen LogP contribution in [0.3, 0.4) is 0 Å². The molecule has 1 amide bonds. The van der Waals surface area contributed by atoms with Crippen LogP contribution in [0.4, 0.5) is 5.69 Å². The molecule has 0 aromatic carbocycles. The number of aromatic nitrogens is 1. The van der Waals surface area contributed by atoms with Crippen LogP contribution in [0, 0.1) is 12.8 Å². The molecule has 0 saturated heterocycles. The maximum atomic E-state index is 11.6. The van der Waals surface area contributed by atoms with Crippen LogP contribution in [0.15, 0.2) is 16.9 Å². The van der Waals surface area contributed by atoms with Gasteiger partial charge in [0.15, 0.2) is 0 Å². The molecule has 0 spiro atoms. The summed E-state index contributed by atoms with van der Waals surface area (Å²) in [4.78, 5) is 15.8. The summed E-state index contributed by atoms with van der Waals surface area (Å²) >= 11 is 3.32. The predicted molar refractivity (Wildman–Crippen MR) is 69.4 cm³/mol. The van der Waals surface area contributed by atoms with Gasteiger partial charge >= 0.3 is 0 Å². The molecular weight excluding hydrogens is 268 g/mol. The van der Waals surface area contributed by atoms with E-state index >= 15 is 0 Å². The van der Waals surface area contributed by atoms with E-state index in [1.807, 2.05) is 13.0 Å². The molecule has 0 aliphatic heterocycles. The number of nitrogens with zero attached hydrogens (tertiary/aromatic N) is 1. The van der Waals surface area contributed by atoms with Gasteiger partial charge in [0, 0.05) is 6.42 Å². The minimum Gasteiger partial charge on any atom is -0.325 e. The zero-order chi connectivity index (χ0) is 12.1. The smallest absolute Gasteiger partial charge is 0.224 e. The number of aryl methyl sites for hydroxylation is 1. The van der Waals surface area contributed by atoms with Crippen LogP contribution < -0.4 is 5.32 Å². The molecule has 0 radical (unpaired) electrons. The number of carbonyl (C=O) groups is 1. The van der Waals surface area contributed by atoms with Gasteiger partial charge in [0.25, 0.3) is 0 Å². The van der Waals surface area contributed by atoms with Crippen LogP contribution in [0.2, 0.25) is 0 Å². The highest BCUT2D eigenvalue weighted by Crippen LogP contribution is 2.17. The molecule has 3 nitrogen and oxygen atoms in total. The van der Waals surface area contributed by atoms with Crippen molar-refractivity contribution in [1.29, 1.82) is 0 Å². The van der Waals surface area contributed by atoms with E-state index in [4.69, 9.17) is 0 Å². The van der Waals surface area contributed by atoms with Crippen molar-refractivity contribution in [2.75, 3.05) is 5.32 Å². The number of pyridine rings is 1. The molecule has 1 atom stereocenters. The van der Waals surface area contributed by atoms with Gasteiger partial charge in [-0.3, -0.25) is 4.79 Å². The molecule has 0 bridgehead atoms. The monoisotopic (exact) mass is 284 g/mol. The van der Waals surface area contributed by atoms with Crippen LogP contribution in [0.5, 0.6) is 0 Å². The summed E-state index contributed by atoms with van der Waals surface area (Å²) in [6.45, 7) is 6.11. The summed E-state index contributed by atoms with van der Waals surface area (Å²) in [7, 11) is 0. The van der Waals surface area contributed by atoms with E-state index in [0.29, 0.717) is 12.3 Å². The average molecular weight is 285 g/mol. The van der Waals surface area contributed by atoms with E-state index in [1.165, 1.54) is 0 Å². The number of hydrogen-bond acceptors (Lipinski definition) is 2. The van der Waals surface area contributed by atoms with Crippen molar-refractivity contribution in [1.82, 2.24) is 4.98 Å². The quantitative estimate of drug-likeness (QED) is 0.860. The van der Waals surface area contributed by atoms with Crippen molar-refractivity contribution < 1.29 is 4.79 Å². The SMILES string of the molecule is CCC(C)CC(=O)Nc1cnc(Br)c(C)c1. The molecule has 1 rings (SSSR count). The molecule has 0 aliphatic rings. The minimum absolute atomic E-state index is 0.0536. The van der Waals surface area contributed by atoms with Gasteiger partial charge in [0.2, 0.25) is 5.91 Å². The summed E-state index contributed by atoms with van der Waals surface area (Å²) in [6, 6.07) is 1.91. The van der Waals surface area contributed by atoms with Crippen molar-refractivity contribution in [3.8, 4) is 0 Å². The summed E-state index contributed by atoms with van der Waals surface area (Å²) in [5.74, 6) is 0.474. The Kier molecular flexibility index (Phi) is 4.93. The Bertz CT molecular complexity index is 379. The highest BCUT2D eigenvalue weighted by Gasteiger charge is 2.08. The van der Waals surface area contributed by atoms with Gasteiger partial charge in [-0.05, 0) is 40.4 Å². The summed E-state index contributed by atoms with van der Waals surface area (Å²) < 4.78 is 0.812. The lowest BCUT2D eigenvalue weighted by Gasteiger charge is -2.09. The Morgan fingerprint density at radius 1 is 1.62 bits per heavy atom. The fourth-order valence-corrected chi connectivity index (χ4v) is 1.52. The van der Waals surface area contributed by atoms with E-state index in [1.54, 1.807) is 6.20 Å². The maximum absolute atomic E-state index is 11.6. The number of halogens is 1. The van der Waals surface area contributed by atoms with E-state index in [9.17, 15) is 4.79 Å². The average Bonchev–Trinajstić information content (AvgIpc) is 2.23. The number of hydrogen-bond donors (Lipinski definition) is 1. The molecule has 16 heavy (non-hydrogen) atoms. The Morgan fingerprint density at radius 2 is 2.31 bits per heavy atom. The molecule has 1 aromatic heterocycles. The maximum Gasteiger partial charge on any atom is 0.224 e. The fraction of sp³-hybridized carbons (Fsp3) is 0.500. The van der Waals surface area contributed by atoms with Gasteiger partial charge in [-0.2, -0.15) is 0 Å². The van der Waals surface area contributed by atoms with E-state index < -0.39 is 0 Å². The first kappa shape index (κ1) is 13.2. The third kappa shape index (κ3) is 3.93. The largest absolute Gasteiger partial charge is 0.325 e. The zero-order valence-corrected chi connectivity index (χ0v) is 11.5. The topological polar surface area (TPSA) is 42.0 Å². The third-order valence-corrected chi connectivity index (χ3v) is 3.36. The molecule has 1 aromatic rings. The molecule has 0 fully saturated rings. The standard InChI is InChI=1S/C12H17BrN2O/c1-4-8(2)5-11(16)15-10-6-9(3)12(13)14-7-10/h6-8H,4-5H2,1-3H3,(H,15,16). The first-order valence-corrected chi connectivity index (χ1v) is 6.24. The van der Waals surface area contributed by atoms with Crippen LogP contribution in [0.25, 0.3) is 0 Å². The van der Waals surface area contributed by atoms with Crippen LogP contribution >= 0.6 is 15.9 Å². The normalized spacial score (nSPS) is 12.2. The minimum atomic E-state index is 0.0536. The van der Waals surface area contributed by atoms with Crippen LogP contribution in [0.1, 0.15) is 32.3 Å².